The van der Waals surface area contributed by atoms with E-state index in [9.17, 15) is 10.2 Å². The average molecular weight is 433 g/mol. The Morgan fingerprint density at radius 1 is 0.677 bits per heavy atom. The fourth-order valence-corrected chi connectivity index (χ4v) is 10.8. The van der Waals surface area contributed by atoms with Gasteiger partial charge in [-0.1, -0.05) is 115 Å². The van der Waals surface area contributed by atoms with Crippen molar-refractivity contribution in [3.63, 3.8) is 0 Å². The molecule has 0 amide bonds. The molecule has 0 bridgehead atoms. The van der Waals surface area contributed by atoms with Gasteiger partial charge in [-0.3, -0.25) is 0 Å². The van der Waals surface area contributed by atoms with Crippen molar-refractivity contribution in [3.05, 3.63) is 77.9 Å². The molecule has 0 aliphatic heterocycles. The number of benzene rings is 3. The minimum Gasteiger partial charge on any atom is -0.508 e. The standard InChI is InChI=1S/C28H36O2Si/c1-19(2)23-18-24(27(30)25(20(3)4)26(23)29)31(28(5,6)7,21-14-10-8-11-15-21)22-16-12-9-13-17-22/h8-20,29-30H,1-7H3. The van der Waals surface area contributed by atoms with Gasteiger partial charge >= 0.3 is 0 Å². The fraction of sp³-hybridized carbons (Fsp3) is 0.357. The van der Waals surface area contributed by atoms with E-state index in [1.807, 2.05) is 26.0 Å². The van der Waals surface area contributed by atoms with E-state index in [-0.39, 0.29) is 28.4 Å². The quantitative estimate of drug-likeness (QED) is 0.406. The second-order valence-electron chi connectivity index (χ2n) is 10.2. The molecule has 0 saturated carbocycles. The van der Waals surface area contributed by atoms with E-state index in [2.05, 4.69) is 89.2 Å². The van der Waals surface area contributed by atoms with E-state index in [1.54, 1.807) is 0 Å². The minimum atomic E-state index is -2.71. The van der Waals surface area contributed by atoms with Crippen molar-refractivity contribution in [1.29, 1.82) is 0 Å². The molecule has 3 aromatic carbocycles. The highest BCUT2D eigenvalue weighted by Crippen LogP contribution is 2.43. The summed E-state index contributed by atoms with van der Waals surface area (Å²) in [6.07, 6.45) is 0. The molecule has 0 radical (unpaired) electrons. The van der Waals surface area contributed by atoms with E-state index >= 15 is 0 Å². The first-order valence-electron chi connectivity index (χ1n) is 11.2. The zero-order valence-electron chi connectivity index (χ0n) is 19.9. The van der Waals surface area contributed by atoms with E-state index < -0.39 is 8.07 Å². The van der Waals surface area contributed by atoms with Crippen molar-refractivity contribution < 1.29 is 10.2 Å². The number of hydrogen-bond acceptors (Lipinski definition) is 2. The molecule has 164 valence electrons. The zero-order chi connectivity index (χ0) is 23.0. The van der Waals surface area contributed by atoms with Gasteiger partial charge in [0.2, 0.25) is 0 Å². The lowest BCUT2D eigenvalue weighted by atomic mass is 9.93. The van der Waals surface area contributed by atoms with Crippen LogP contribution in [0.3, 0.4) is 0 Å². The third-order valence-corrected chi connectivity index (χ3v) is 12.3. The highest BCUT2D eigenvalue weighted by molar-refractivity contribution is 7.13. The molecule has 0 aliphatic rings. The molecular formula is C28H36O2Si. The summed E-state index contributed by atoms with van der Waals surface area (Å²) in [6.45, 7) is 15.1. The van der Waals surface area contributed by atoms with Gasteiger partial charge in [0.05, 0.1) is 0 Å². The van der Waals surface area contributed by atoms with Crippen LogP contribution < -0.4 is 15.6 Å². The summed E-state index contributed by atoms with van der Waals surface area (Å²) in [5.74, 6) is 0.654. The minimum absolute atomic E-state index is 0.00988. The zero-order valence-corrected chi connectivity index (χ0v) is 20.9. The van der Waals surface area contributed by atoms with Crippen LogP contribution in [0.2, 0.25) is 5.04 Å². The lowest BCUT2D eigenvalue weighted by molar-refractivity contribution is 0.429. The molecule has 2 N–H and O–H groups in total. The topological polar surface area (TPSA) is 40.5 Å². The van der Waals surface area contributed by atoms with Crippen LogP contribution in [-0.4, -0.2) is 18.3 Å². The van der Waals surface area contributed by atoms with Crippen molar-refractivity contribution >= 4 is 23.6 Å². The summed E-state index contributed by atoms with van der Waals surface area (Å²) in [4.78, 5) is 0. The van der Waals surface area contributed by atoms with E-state index in [4.69, 9.17) is 0 Å². The molecule has 0 saturated heterocycles. The van der Waals surface area contributed by atoms with Gasteiger partial charge in [-0.2, -0.15) is 0 Å². The van der Waals surface area contributed by atoms with Gasteiger partial charge in [0.1, 0.15) is 11.5 Å². The Hall–Kier alpha value is -2.52. The Morgan fingerprint density at radius 2 is 1.13 bits per heavy atom. The fourth-order valence-electron chi connectivity index (χ4n) is 5.10. The number of phenolic OH excluding ortho intramolecular Hbond substituents is 2. The van der Waals surface area contributed by atoms with Crippen LogP contribution >= 0.6 is 0 Å². The van der Waals surface area contributed by atoms with Crippen molar-refractivity contribution in [2.75, 3.05) is 0 Å². The van der Waals surface area contributed by atoms with Crippen LogP contribution in [-0.2, 0) is 0 Å². The van der Waals surface area contributed by atoms with E-state index in [1.165, 1.54) is 10.4 Å². The van der Waals surface area contributed by atoms with Crippen molar-refractivity contribution in [2.45, 2.75) is 65.3 Å². The van der Waals surface area contributed by atoms with Gasteiger partial charge in [-0.25, -0.2) is 0 Å². The molecule has 0 fully saturated rings. The third-order valence-electron chi connectivity index (χ3n) is 6.48. The van der Waals surface area contributed by atoms with Crippen LogP contribution in [0.1, 0.15) is 71.4 Å². The molecule has 0 atom stereocenters. The summed E-state index contributed by atoms with van der Waals surface area (Å²) in [5.41, 5.74) is 1.57. The first kappa shape index (κ1) is 23.1. The van der Waals surface area contributed by atoms with Gasteiger partial charge < -0.3 is 10.2 Å². The molecule has 3 rings (SSSR count). The number of hydrogen-bond donors (Lipinski definition) is 2. The summed E-state index contributed by atoms with van der Waals surface area (Å²) in [6, 6.07) is 23.4. The van der Waals surface area contributed by atoms with E-state index in [0.29, 0.717) is 5.56 Å². The van der Waals surface area contributed by atoms with Crippen molar-refractivity contribution in [3.8, 4) is 11.5 Å². The predicted octanol–water partition coefficient (Wildman–Crippen LogP) is 5.61. The largest absolute Gasteiger partial charge is 0.508 e. The molecular weight excluding hydrogens is 396 g/mol. The van der Waals surface area contributed by atoms with Gasteiger partial charge in [-0.05, 0) is 38.0 Å². The normalized spacial score (nSPS) is 12.5. The summed E-state index contributed by atoms with van der Waals surface area (Å²) in [7, 11) is -2.71. The smallest absolute Gasteiger partial charge is 0.158 e. The SMILES string of the molecule is CC(C)c1cc([Si](c2ccccc2)(c2ccccc2)C(C)(C)C)c(O)c(C(C)C)c1O. The Morgan fingerprint density at radius 3 is 1.48 bits per heavy atom. The maximum Gasteiger partial charge on any atom is 0.158 e. The predicted molar refractivity (Wildman–Crippen MR) is 135 cm³/mol. The lowest BCUT2D eigenvalue weighted by Crippen LogP contribution is -2.72. The molecule has 0 spiro atoms. The Balaban J connectivity index is 2.59. The Bertz CT molecular complexity index is 993. The molecule has 31 heavy (non-hydrogen) atoms. The van der Waals surface area contributed by atoms with Gasteiger partial charge in [-0.15, -0.1) is 0 Å². The molecule has 0 aliphatic carbocycles. The molecule has 0 heterocycles. The maximum atomic E-state index is 11.7. The second kappa shape index (κ2) is 8.55. The summed E-state index contributed by atoms with van der Waals surface area (Å²) in [5, 5.41) is 26.2. The third kappa shape index (κ3) is 3.80. The van der Waals surface area contributed by atoms with Gasteiger partial charge in [0.15, 0.2) is 8.07 Å². The number of rotatable bonds is 5. The number of phenols is 2. The molecule has 2 nitrogen and oxygen atoms in total. The Kier molecular flexibility index (Phi) is 6.38. The number of aromatic hydroxyl groups is 2. The molecule has 3 heteroatoms. The van der Waals surface area contributed by atoms with Crippen molar-refractivity contribution in [2.24, 2.45) is 0 Å². The van der Waals surface area contributed by atoms with Crippen LogP contribution in [0.25, 0.3) is 0 Å². The summed E-state index contributed by atoms with van der Waals surface area (Å²) >= 11 is 0. The first-order chi connectivity index (χ1) is 14.5. The van der Waals surface area contributed by atoms with Crippen LogP contribution in [0.4, 0.5) is 0 Å². The molecule has 3 aromatic rings. The average Bonchev–Trinajstić information content (AvgIpc) is 2.70. The van der Waals surface area contributed by atoms with Crippen LogP contribution in [0.5, 0.6) is 11.5 Å². The maximum absolute atomic E-state index is 11.7. The molecule has 0 unspecified atom stereocenters. The van der Waals surface area contributed by atoms with Gasteiger partial charge in [0.25, 0.3) is 0 Å². The summed E-state index contributed by atoms with van der Waals surface area (Å²) < 4.78 is 0. The first-order valence-corrected chi connectivity index (χ1v) is 13.2. The van der Waals surface area contributed by atoms with Crippen LogP contribution in [0.15, 0.2) is 66.7 Å². The monoisotopic (exact) mass is 432 g/mol. The highest BCUT2D eigenvalue weighted by Gasteiger charge is 2.51. The van der Waals surface area contributed by atoms with Gasteiger partial charge in [0, 0.05) is 5.56 Å². The van der Waals surface area contributed by atoms with Crippen molar-refractivity contribution in [1.82, 2.24) is 0 Å². The Labute approximate surface area is 188 Å². The van der Waals surface area contributed by atoms with Crippen LogP contribution in [0, 0.1) is 0 Å². The lowest BCUT2D eigenvalue weighted by Gasteiger charge is -2.45. The molecule has 0 aromatic heterocycles. The highest BCUT2D eigenvalue weighted by atomic mass is 28.3. The van der Waals surface area contributed by atoms with E-state index in [0.717, 1.165) is 10.8 Å². The second-order valence-corrected chi connectivity index (χ2v) is 14.9.